The molecular weight excluding hydrogens is 419 g/mol. The number of carbonyl (C=O) groups is 1. The smallest absolute Gasteiger partial charge is 0.261 e. The number of benzene rings is 3. The van der Waals surface area contributed by atoms with Crippen molar-refractivity contribution in [2.75, 3.05) is 17.9 Å². The van der Waals surface area contributed by atoms with E-state index >= 15 is 0 Å². The topological polar surface area (TPSA) is 84.5 Å². The molecule has 0 fully saturated rings. The van der Waals surface area contributed by atoms with Crippen molar-refractivity contribution in [3.8, 4) is 5.75 Å². The van der Waals surface area contributed by atoms with Crippen LogP contribution in [-0.2, 0) is 10.0 Å². The van der Waals surface area contributed by atoms with Crippen LogP contribution in [0.3, 0.4) is 0 Å². The summed E-state index contributed by atoms with van der Waals surface area (Å²) < 4.78 is 46.0. The second-order valence-corrected chi connectivity index (χ2v) is 8.69. The van der Waals surface area contributed by atoms with Crippen molar-refractivity contribution in [2.45, 2.75) is 18.7 Å². The predicted molar refractivity (Wildman–Crippen MR) is 117 cm³/mol. The highest BCUT2D eigenvalue weighted by molar-refractivity contribution is 7.92. The second kappa shape index (κ2) is 9.61. The molecule has 0 aliphatic rings. The Hall–Kier alpha value is -3.39. The van der Waals surface area contributed by atoms with E-state index in [1.54, 1.807) is 49.4 Å². The molecular formula is C23H23FN2O4S. The van der Waals surface area contributed by atoms with E-state index in [-0.39, 0.29) is 29.8 Å². The average Bonchev–Trinajstić information content (AvgIpc) is 2.74. The Morgan fingerprint density at radius 1 is 0.968 bits per heavy atom. The lowest BCUT2D eigenvalue weighted by Gasteiger charge is -2.12. The van der Waals surface area contributed by atoms with Gasteiger partial charge in [-0.2, -0.15) is 0 Å². The minimum atomic E-state index is -3.72. The molecule has 2 N–H and O–H groups in total. The van der Waals surface area contributed by atoms with Crippen LogP contribution in [0.2, 0.25) is 0 Å². The number of halogens is 1. The normalized spacial score (nSPS) is 11.1. The van der Waals surface area contributed by atoms with Crippen LogP contribution in [0, 0.1) is 19.7 Å². The predicted octanol–water partition coefficient (Wildman–Crippen LogP) is 4.05. The summed E-state index contributed by atoms with van der Waals surface area (Å²) in [5.74, 6) is -0.143. The summed E-state index contributed by atoms with van der Waals surface area (Å²) in [6.07, 6.45) is 0. The van der Waals surface area contributed by atoms with Crippen LogP contribution in [-0.4, -0.2) is 27.5 Å². The molecule has 0 aliphatic carbocycles. The molecule has 0 radical (unpaired) electrons. The third-order valence-electron chi connectivity index (χ3n) is 4.53. The maximum atomic E-state index is 12.9. The number of amides is 1. The van der Waals surface area contributed by atoms with Crippen molar-refractivity contribution in [3.63, 3.8) is 0 Å². The number of nitrogens with one attached hydrogen (secondary N) is 2. The van der Waals surface area contributed by atoms with Gasteiger partial charge in [0.1, 0.15) is 18.2 Å². The van der Waals surface area contributed by atoms with Crippen LogP contribution in [0.15, 0.2) is 71.6 Å². The van der Waals surface area contributed by atoms with Gasteiger partial charge in [0.15, 0.2) is 0 Å². The Labute approximate surface area is 181 Å². The van der Waals surface area contributed by atoms with Crippen molar-refractivity contribution in [1.29, 1.82) is 0 Å². The molecule has 0 saturated heterocycles. The SMILES string of the molecule is Cc1ccc(S(=O)(=O)Nc2ccc(C(=O)NCCOc3ccc(F)cc3)cc2C)cc1. The van der Waals surface area contributed by atoms with Crippen LogP contribution in [0.1, 0.15) is 21.5 Å². The van der Waals surface area contributed by atoms with Gasteiger partial charge in [-0.05, 0) is 74.0 Å². The summed E-state index contributed by atoms with van der Waals surface area (Å²) in [4.78, 5) is 12.5. The fourth-order valence-electron chi connectivity index (χ4n) is 2.81. The van der Waals surface area contributed by atoms with Gasteiger partial charge < -0.3 is 10.1 Å². The number of sulfonamides is 1. The average molecular weight is 443 g/mol. The van der Waals surface area contributed by atoms with Crippen molar-refractivity contribution in [3.05, 3.63) is 89.2 Å². The van der Waals surface area contributed by atoms with E-state index in [1.165, 1.54) is 24.3 Å². The summed E-state index contributed by atoms with van der Waals surface area (Å²) >= 11 is 0. The zero-order valence-electron chi connectivity index (χ0n) is 17.2. The highest BCUT2D eigenvalue weighted by Gasteiger charge is 2.16. The van der Waals surface area contributed by atoms with E-state index < -0.39 is 10.0 Å². The van der Waals surface area contributed by atoms with E-state index in [0.29, 0.717) is 22.6 Å². The Kier molecular flexibility index (Phi) is 6.91. The molecule has 0 aliphatic heterocycles. The van der Waals surface area contributed by atoms with Crippen LogP contribution in [0.4, 0.5) is 10.1 Å². The standard InChI is InChI=1S/C23H23FN2O4S/c1-16-3-10-21(11-4-16)31(28,29)26-22-12-5-18(15-17(22)2)23(27)25-13-14-30-20-8-6-19(24)7-9-20/h3-12,15,26H,13-14H2,1-2H3,(H,25,27). The Morgan fingerprint density at radius 3 is 2.29 bits per heavy atom. The van der Waals surface area contributed by atoms with Gasteiger partial charge in [-0.25, -0.2) is 12.8 Å². The molecule has 3 aromatic carbocycles. The quantitative estimate of drug-likeness (QED) is 0.516. The molecule has 0 unspecified atom stereocenters. The van der Waals surface area contributed by atoms with Crippen molar-refractivity contribution in [1.82, 2.24) is 5.32 Å². The molecule has 162 valence electrons. The van der Waals surface area contributed by atoms with Crippen molar-refractivity contribution >= 4 is 21.6 Å². The van der Waals surface area contributed by atoms with Crippen molar-refractivity contribution in [2.24, 2.45) is 0 Å². The molecule has 8 heteroatoms. The van der Waals surface area contributed by atoms with Gasteiger partial charge in [0.25, 0.3) is 15.9 Å². The van der Waals surface area contributed by atoms with Gasteiger partial charge >= 0.3 is 0 Å². The van der Waals surface area contributed by atoms with Crippen LogP contribution < -0.4 is 14.8 Å². The Bertz CT molecular complexity index is 1160. The number of carbonyl (C=O) groups excluding carboxylic acids is 1. The number of rotatable bonds is 8. The van der Waals surface area contributed by atoms with Gasteiger partial charge in [-0.1, -0.05) is 17.7 Å². The zero-order valence-corrected chi connectivity index (χ0v) is 18.0. The van der Waals surface area contributed by atoms with E-state index in [9.17, 15) is 17.6 Å². The van der Waals surface area contributed by atoms with E-state index in [1.807, 2.05) is 6.92 Å². The maximum absolute atomic E-state index is 12.9. The first-order valence-corrected chi connectivity index (χ1v) is 11.1. The van der Waals surface area contributed by atoms with Gasteiger partial charge in [-0.15, -0.1) is 0 Å². The first-order valence-electron chi connectivity index (χ1n) is 9.61. The van der Waals surface area contributed by atoms with Crippen LogP contribution in [0.25, 0.3) is 0 Å². The number of aryl methyl sites for hydroxylation is 2. The lowest BCUT2D eigenvalue weighted by atomic mass is 10.1. The molecule has 0 saturated carbocycles. The lowest BCUT2D eigenvalue weighted by molar-refractivity contribution is 0.0947. The first-order chi connectivity index (χ1) is 14.7. The third kappa shape index (κ3) is 6.05. The van der Waals surface area contributed by atoms with Gasteiger partial charge in [0, 0.05) is 5.56 Å². The fraction of sp³-hybridized carbons (Fsp3) is 0.174. The molecule has 0 aromatic heterocycles. The summed E-state index contributed by atoms with van der Waals surface area (Å²) in [5, 5.41) is 2.73. The van der Waals surface area contributed by atoms with Gasteiger partial charge in [0.05, 0.1) is 17.1 Å². The van der Waals surface area contributed by atoms with Gasteiger partial charge in [-0.3, -0.25) is 9.52 Å². The zero-order chi connectivity index (χ0) is 22.4. The first kappa shape index (κ1) is 22.3. The molecule has 0 bridgehead atoms. The number of anilines is 1. The highest BCUT2D eigenvalue weighted by atomic mass is 32.2. The number of hydrogen-bond donors (Lipinski definition) is 2. The molecule has 0 spiro atoms. The van der Waals surface area contributed by atoms with Gasteiger partial charge in [0.2, 0.25) is 0 Å². The lowest BCUT2D eigenvalue weighted by Crippen LogP contribution is -2.28. The molecule has 6 nitrogen and oxygen atoms in total. The highest BCUT2D eigenvalue weighted by Crippen LogP contribution is 2.21. The van der Waals surface area contributed by atoms with Crippen LogP contribution in [0.5, 0.6) is 5.75 Å². The summed E-state index contributed by atoms with van der Waals surface area (Å²) in [7, 11) is -3.72. The minimum absolute atomic E-state index is 0.167. The molecule has 3 rings (SSSR count). The number of ether oxygens (including phenoxy) is 1. The summed E-state index contributed by atoms with van der Waals surface area (Å²) in [6.45, 7) is 4.09. The molecule has 1 amide bonds. The molecule has 0 heterocycles. The Morgan fingerprint density at radius 2 is 1.65 bits per heavy atom. The molecule has 3 aromatic rings. The summed E-state index contributed by atoms with van der Waals surface area (Å²) in [6, 6.07) is 16.9. The van der Waals surface area contributed by atoms with Crippen LogP contribution >= 0.6 is 0 Å². The van der Waals surface area contributed by atoms with Crippen molar-refractivity contribution < 1.29 is 22.3 Å². The monoisotopic (exact) mass is 442 g/mol. The molecule has 31 heavy (non-hydrogen) atoms. The maximum Gasteiger partial charge on any atom is 0.261 e. The number of hydrogen-bond acceptors (Lipinski definition) is 4. The molecule has 0 atom stereocenters. The van der Waals surface area contributed by atoms with E-state index in [0.717, 1.165) is 5.56 Å². The van der Waals surface area contributed by atoms with E-state index in [4.69, 9.17) is 4.74 Å². The third-order valence-corrected chi connectivity index (χ3v) is 5.92. The largest absolute Gasteiger partial charge is 0.492 e. The van der Waals surface area contributed by atoms with E-state index in [2.05, 4.69) is 10.0 Å². The summed E-state index contributed by atoms with van der Waals surface area (Å²) in [5.41, 5.74) is 2.38. The Balaban J connectivity index is 1.57. The second-order valence-electron chi connectivity index (χ2n) is 7.01. The minimum Gasteiger partial charge on any atom is -0.492 e. The fourth-order valence-corrected chi connectivity index (χ4v) is 3.94.